The Morgan fingerprint density at radius 1 is 1.18 bits per heavy atom. The zero-order valence-electron chi connectivity index (χ0n) is 10.7. The molecule has 1 rings (SSSR count). The fraction of sp³-hybridized carbons (Fsp3) is 0.500. The minimum Gasteiger partial charge on any atom is -0.392 e. The van der Waals surface area contributed by atoms with Crippen LogP contribution in [0.4, 0.5) is 0 Å². The normalized spacial score (nSPS) is 12.5. The number of carbonyl (C=O) groups excluding carboxylic acids is 1. The lowest BCUT2D eigenvalue weighted by atomic mass is 9.97. The van der Waals surface area contributed by atoms with E-state index in [1.807, 2.05) is 45.0 Å². The van der Waals surface area contributed by atoms with Crippen molar-refractivity contribution in [3.8, 4) is 0 Å². The monoisotopic (exact) mass is 235 g/mol. The van der Waals surface area contributed by atoms with Crippen molar-refractivity contribution in [2.75, 3.05) is 0 Å². The van der Waals surface area contributed by atoms with Gasteiger partial charge in [-0.3, -0.25) is 4.79 Å². The lowest BCUT2D eigenvalue weighted by molar-refractivity contribution is -0.125. The van der Waals surface area contributed by atoms with E-state index in [4.69, 9.17) is 5.11 Å². The first-order valence-electron chi connectivity index (χ1n) is 6.01. The third kappa shape index (κ3) is 4.19. The van der Waals surface area contributed by atoms with Gasteiger partial charge in [-0.25, -0.2) is 0 Å². The van der Waals surface area contributed by atoms with Crippen molar-refractivity contribution in [1.29, 1.82) is 0 Å². The van der Waals surface area contributed by atoms with Gasteiger partial charge >= 0.3 is 0 Å². The maximum Gasteiger partial charge on any atom is 0.223 e. The Morgan fingerprint density at radius 2 is 1.71 bits per heavy atom. The first-order valence-corrected chi connectivity index (χ1v) is 6.01. The van der Waals surface area contributed by atoms with Crippen LogP contribution in [-0.2, 0) is 17.9 Å². The highest BCUT2D eigenvalue weighted by Gasteiger charge is 2.15. The van der Waals surface area contributed by atoms with Gasteiger partial charge in [0.25, 0.3) is 0 Å². The number of aliphatic hydroxyl groups excluding tert-OH is 1. The number of nitrogens with one attached hydrogen (secondary N) is 1. The third-order valence-corrected chi connectivity index (χ3v) is 3.09. The zero-order chi connectivity index (χ0) is 12.8. The molecule has 2 N–H and O–H groups in total. The second kappa shape index (κ2) is 6.40. The highest BCUT2D eigenvalue weighted by Crippen LogP contribution is 2.10. The van der Waals surface area contributed by atoms with Crippen molar-refractivity contribution in [3.05, 3.63) is 35.4 Å². The minimum atomic E-state index is 0.0340. The molecule has 1 aromatic rings. The van der Waals surface area contributed by atoms with Crippen LogP contribution in [0.25, 0.3) is 0 Å². The lowest BCUT2D eigenvalue weighted by Gasteiger charge is -2.15. The smallest absolute Gasteiger partial charge is 0.223 e. The molecule has 0 aromatic heterocycles. The van der Waals surface area contributed by atoms with Gasteiger partial charge in [0.05, 0.1) is 6.61 Å². The molecule has 3 nitrogen and oxygen atoms in total. The summed E-state index contributed by atoms with van der Waals surface area (Å²) in [5, 5.41) is 11.8. The highest BCUT2D eigenvalue weighted by atomic mass is 16.3. The summed E-state index contributed by atoms with van der Waals surface area (Å²) >= 11 is 0. The van der Waals surface area contributed by atoms with Gasteiger partial charge in [0.15, 0.2) is 0 Å². The standard InChI is InChI=1S/C14H21NO2/c1-10(2)11(3)14(17)15-8-12-4-6-13(9-16)7-5-12/h4-7,10-11,16H,8-9H2,1-3H3,(H,15,17). The van der Waals surface area contributed by atoms with E-state index in [-0.39, 0.29) is 18.4 Å². The van der Waals surface area contributed by atoms with Crippen molar-refractivity contribution in [2.45, 2.75) is 33.9 Å². The number of rotatable bonds is 5. The molecule has 1 amide bonds. The van der Waals surface area contributed by atoms with Gasteiger partial charge in [0.2, 0.25) is 5.91 Å². The second-order valence-electron chi connectivity index (χ2n) is 4.73. The molecule has 0 spiro atoms. The van der Waals surface area contributed by atoms with Crippen LogP contribution in [0.15, 0.2) is 24.3 Å². The Balaban J connectivity index is 2.47. The topological polar surface area (TPSA) is 49.3 Å². The van der Waals surface area contributed by atoms with E-state index in [9.17, 15) is 4.79 Å². The van der Waals surface area contributed by atoms with Gasteiger partial charge in [0.1, 0.15) is 0 Å². The van der Waals surface area contributed by atoms with Crippen LogP contribution in [-0.4, -0.2) is 11.0 Å². The first-order chi connectivity index (χ1) is 8.04. The zero-order valence-corrected chi connectivity index (χ0v) is 10.7. The first kappa shape index (κ1) is 13.7. The molecule has 1 aromatic carbocycles. The molecule has 1 atom stereocenters. The average Bonchev–Trinajstić information content (AvgIpc) is 2.35. The molecule has 0 aliphatic heterocycles. The molecule has 0 fully saturated rings. The molecule has 1 unspecified atom stereocenters. The Kier molecular flexibility index (Phi) is 5.16. The van der Waals surface area contributed by atoms with Gasteiger partial charge in [-0.1, -0.05) is 45.0 Å². The van der Waals surface area contributed by atoms with E-state index < -0.39 is 0 Å². The molecule has 0 aliphatic rings. The van der Waals surface area contributed by atoms with E-state index in [1.165, 1.54) is 0 Å². The van der Waals surface area contributed by atoms with Gasteiger partial charge in [-0.15, -0.1) is 0 Å². The van der Waals surface area contributed by atoms with Crippen molar-refractivity contribution < 1.29 is 9.90 Å². The summed E-state index contributed by atoms with van der Waals surface area (Å²) in [6.07, 6.45) is 0. The summed E-state index contributed by atoms with van der Waals surface area (Å²) in [5.74, 6) is 0.477. The maximum atomic E-state index is 11.7. The number of aliphatic hydroxyl groups is 1. The van der Waals surface area contributed by atoms with Crippen molar-refractivity contribution in [1.82, 2.24) is 5.32 Å². The minimum absolute atomic E-state index is 0.0340. The van der Waals surface area contributed by atoms with E-state index in [0.29, 0.717) is 12.5 Å². The summed E-state index contributed by atoms with van der Waals surface area (Å²) in [6, 6.07) is 7.58. The molecule has 94 valence electrons. The Bertz CT molecular complexity index is 357. The molecular formula is C14H21NO2. The van der Waals surface area contributed by atoms with Crippen LogP contribution in [0.5, 0.6) is 0 Å². The van der Waals surface area contributed by atoms with Crippen molar-refractivity contribution in [3.63, 3.8) is 0 Å². The van der Waals surface area contributed by atoms with Crippen LogP contribution in [0.1, 0.15) is 31.9 Å². The molecule has 0 aliphatic carbocycles. The van der Waals surface area contributed by atoms with Crippen LogP contribution in [0.2, 0.25) is 0 Å². The fourth-order valence-electron chi connectivity index (χ4n) is 1.42. The van der Waals surface area contributed by atoms with Gasteiger partial charge < -0.3 is 10.4 Å². The summed E-state index contributed by atoms with van der Waals surface area (Å²) in [6.45, 7) is 6.62. The Morgan fingerprint density at radius 3 is 2.18 bits per heavy atom. The molecule has 0 radical (unpaired) electrons. The molecule has 3 heteroatoms. The van der Waals surface area contributed by atoms with E-state index in [0.717, 1.165) is 11.1 Å². The summed E-state index contributed by atoms with van der Waals surface area (Å²) < 4.78 is 0. The van der Waals surface area contributed by atoms with Crippen molar-refractivity contribution >= 4 is 5.91 Å². The summed E-state index contributed by atoms with van der Waals surface area (Å²) in [7, 11) is 0. The van der Waals surface area contributed by atoms with Gasteiger partial charge in [0, 0.05) is 12.5 Å². The SMILES string of the molecule is CC(C)C(C)C(=O)NCc1ccc(CO)cc1. The Labute approximate surface area is 103 Å². The summed E-state index contributed by atoms with van der Waals surface area (Å²) in [4.78, 5) is 11.7. The van der Waals surface area contributed by atoms with Crippen LogP contribution >= 0.6 is 0 Å². The molecule has 17 heavy (non-hydrogen) atoms. The molecular weight excluding hydrogens is 214 g/mol. The van der Waals surface area contributed by atoms with E-state index in [2.05, 4.69) is 5.32 Å². The number of benzene rings is 1. The van der Waals surface area contributed by atoms with Crippen LogP contribution < -0.4 is 5.32 Å². The fourth-order valence-corrected chi connectivity index (χ4v) is 1.42. The molecule has 0 saturated carbocycles. The lowest BCUT2D eigenvalue weighted by Crippen LogP contribution is -2.31. The van der Waals surface area contributed by atoms with Gasteiger partial charge in [-0.05, 0) is 17.0 Å². The number of hydrogen-bond donors (Lipinski definition) is 2. The van der Waals surface area contributed by atoms with E-state index in [1.54, 1.807) is 0 Å². The number of carbonyl (C=O) groups is 1. The largest absolute Gasteiger partial charge is 0.392 e. The predicted octanol–water partition coefficient (Wildman–Crippen LogP) is 2.09. The summed E-state index contributed by atoms with van der Waals surface area (Å²) in [5.41, 5.74) is 1.93. The Hall–Kier alpha value is -1.35. The van der Waals surface area contributed by atoms with Gasteiger partial charge in [-0.2, -0.15) is 0 Å². The molecule has 0 saturated heterocycles. The van der Waals surface area contributed by atoms with Crippen molar-refractivity contribution in [2.24, 2.45) is 11.8 Å². The molecule has 0 bridgehead atoms. The average molecular weight is 235 g/mol. The third-order valence-electron chi connectivity index (χ3n) is 3.09. The molecule has 0 heterocycles. The predicted molar refractivity (Wildman–Crippen MR) is 68.2 cm³/mol. The maximum absolute atomic E-state index is 11.7. The highest BCUT2D eigenvalue weighted by molar-refractivity contribution is 5.78. The number of hydrogen-bond acceptors (Lipinski definition) is 2. The second-order valence-corrected chi connectivity index (χ2v) is 4.73. The quantitative estimate of drug-likeness (QED) is 0.821. The van der Waals surface area contributed by atoms with E-state index >= 15 is 0 Å². The number of amides is 1. The van der Waals surface area contributed by atoms with Crippen LogP contribution in [0, 0.1) is 11.8 Å². The van der Waals surface area contributed by atoms with Crippen LogP contribution in [0.3, 0.4) is 0 Å².